The largest absolute Gasteiger partial charge is 0.383 e. The molecule has 0 aliphatic rings. The Morgan fingerprint density at radius 1 is 1.29 bits per heavy atom. The van der Waals surface area contributed by atoms with E-state index in [0.717, 1.165) is 13.1 Å². The van der Waals surface area contributed by atoms with Gasteiger partial charge in [-0.15, -0.1) is 0 Å². The maximum Gasteiger partial charge on any atom is 0.0626 e. The van der Waals surface area contributed by atoms with Crippen LogP contribution in [-0.2, 0) is 11.3 Å². The molecule has 0 fully saturated rings. The molecule has 0 saturated heterocycles. The zero-order chi connectivity index (χ0) is 12.8. The smallest absolute Gasteiger partial charge is 0.0626 e. The van der Waals surface area contributed by atoms with E-state index in [-0.39, 0.29) is 6.04 Å². The number of ether oxygens (including phenoxy) is 1. The summed E-state index contributed by atoms with van der Waals surface area (Å²) in [5, 5.41) is 0. The van der Waals surface area contributed by atoms with E-state index in [2.05, 4.69) is 44.0 Å². The van der Waals surface area contributed by atoms with Crippen molar-refractivity contribution in [2.45, 2.75) is 26.4 Å². The van der Waals surface area contributed by atoms with Crippen molar-refractivity contribution in [1.29, 1.82) is 0 Å². The van der Waals surface area contributed by atoms with Crippen LogP contribution in [0, 0.1) is 13.8 Å². The molecule has 0 saturated carbocycles. The lowest BCUT2D eigenvalue weighted by Crippen LogP contribution is -2.38. The lowest BCUT2D eigenvalue weighted by Gasteiger charge is -2.22. The van der Waals surface area contributed by atoms with E-state index >= 15 is 0 Å². The Labute approximate surface area is 105 Å². The third-order valence-electron chi connectivity index (χ3n) is 3.00. The molecule has 3 heteroatoms. The second-order valence-corrected chi connectivity index (χ2v) is 4.78. The number of nitrogens with two attached hydrogens (primary N) is 1. The van der Waals surface area contributed by atoms with Gasteiger partial charge in [-0.05, 0) is 37.6 Å². The number of aryl methyl sites for hydroxylation is 2. The van der Waals surface area contributed by atoms with E-state index in [4.69, 9.17) is 10.5 Å². The van der Waals surface area contributed by atoms with Gasteiger partial charge in [0.15, 0.2) is 0 Å². The number of methoxy groups -OCH3 is 1. The van der Waals surface area contributed by atoms with E-state index < -0.39 is 0 Å². The fourth-order valence-electron chi connectivity index (χ4n) is 2.10. The van der Waals surface area contributed by atoms with E-state index in [1.807, 2.05) is 0 Å². The molecule has 0 aromatic heterocycles. The highest BCUT2D eigenvalue weighted by molar-refractivity contribution is 5.33. The topological polar surface area (TPSA) is 38.5 Å². The minimum atomic E-state index is 0.0781. The summed E-state index contributed by atoms with van der Waals surface area (Å²) >= 11 is 0. The zero-order valence-electron chi connectivity index (χ0n) is 11.4. The monoisotopic (exact) mass is 236 g/mol. The Hall–Kier alpha value is -0.900. The first kappa shape index (κ1) is 14.2. The Morgan fingerprint density at radius 3 is 2.41 bits per heavy atom. The summed E-state index contributed by atoms with van der Waals surface area (Å²) < 4.78 is 5.05. The summed E-state index contributed by atoms with van der Waals surface area (Å²) in [6, 6.07) is 6.50. The molecule has 1 unspecified atom stereocenters. The first-order chi connectivity index (χ1) is 8.04. The standard InChI is InChI=1S/C14H24N2O/c1-11-6-5-7-12(2)14(11)9-16(3)8-13(15)10-17-4/h5-7,13H,8-10,15H2,1-4H3. The van der Waals surface area contributed by atoms with Gasteiger partial charge >= 0.3 is 0 Å². The maximum atomic E-state index is 5.95. The molecular weight excluding hydrogens is 212 g/mol. The highest BCUT2D eigenvalue weighted by Gasteiger charge is 2.09. The summed E-state index contributed by atoms with van der Waals surface area (Å²) in [6.45, 7) is 6.71. The molecule has 0 aliphatic heterocycles. The number of hydrogen-bond acceptors (Lipinski definition) is 3. The van der Waals surface area contributed by atoms with Crippen LogP contribution in [0.3, 0.4) is 0 Å². The van der Waals surface area contributed by atoms with Crippen molar-refractivity contribution in [1.82, 2.24) is 4.90 Å². The molecule has 96 valence electrons. The van der Waals surface area contributed by atoms with Crippen molar-refractivity contribution < 1.29 is 4.74 Å². The van der Waals surface area contributed by atoms with Crippen molar-refractivity contribution in [3.05, 3.63) is 34.9 Å². The molecule has 1 aromatic carbocycles. The van der Waals surface area contributed by atoms with Crippen LogP contribution in [0.1, 0.15) is 16.7 Å². The summed E-state index contributed by atoms with van der Waals surface area (Å²) in [5.74, 6) is 0. The molecule has 1 aromatic rings. The highest BCUT2D eigenvalue weighted by atomic mass is 16.5. The van der Waals surface area contributed by atoms with Gasteiger partial charge in [-0.1, -0.05) is 18.2 Å². The van der Waals surface area contributed by atoms with E-state index in [1.165, 1.54) is 16.7 Å². The number of likely N-dealkylation sites (N-methyl/N-ethyl adjacent to an activating group) is 1. The van der Waals surface area contributed by atoms with Crippen LogP contribution in [0.15, 0.2) is 18.2 Å². The molecule has 2 N–H and O–H groups in total. The molecule has 0 aliphatic carbocycles. The lowest BCUT2D eigenvalue weighted by atomic mass is 10.0. The zero-order valence-corrected chi connectivity index (χ0v) is 11.4. The normalized spacial score (nSPS) is 13.1. The van der Waals surface area contributed by atoms with E-state index in [1.54, 1.807) is 7.11 Å². The van der Waals surface area contributed by atoms with Crippen LogP contribution in [0.4, 0.5) is 0 Å². The first-order valence-corrected chi connectivity index (χ1v) is 6.02. The van der Waals surface area contributed by atoms with Gasteiger partial charge in [0.1, 0.15) is 0 Å². The molecule has 0 radical (unpaired) electrons. The fourth-order valence-corrected chi connectivity index (χ4v) is 2.10. The van der Waals surface area contributed by atoms with E-state index in [9.17, 15) is 0 Å². The van der Waals surface area contributed by atoms with Crippen molar-refractivity contribution in [2.75, 3.05) is 27.3 Å². The summed E-state index contributed by atoms with van der Waals surface area (Å²) in [5.41, 5.74) is 10.0. The van der Waals surface area contributed by atoms with Crippen LogP contribution < -0.4 is 5.73 Å². The Morgan fingerprint density at radius 2 is 1.88 bits per heavy atom. The summed E-state index contributed by atoms with van der Waals surface area (Å²) in [4.78, 5) is 2.25. The quantitative estimate of drug-likeness (QED) is 0.817. The maximum absolute atomic E-state index is 5.95. The third kappa shape index (κ3) is 4.46. The van der Waals surface area contributed by atoms with Crippen molar-refractivity contribution in [2.24, 2.45) is 5.73 Å². The fraction of sp³-hybridized carbons (Fsp3) is 0.571. The lowest BCUT2D eigenvalue weighted by molar-refractivity contribution is 0.160. The van der Waals surface area contributed by atoms with Gasteiger partial charge in [0.25, 0.3) is 0 Å². The molecule has 1 atom stereocenters. The van der Waals surface area contributed by atoms with Gasteiger partial charge < -0.3 is 15.4 Å². The third-order valence-corrected chi connectivity index (χ3v) is 3.00. The SMILES string of the molecule is COCC(N)CN(C)Cc1c(C)cccc1C. The second kappa shape index (κ2) is 6.74. The molecule has 0 amide bonds. The summed E-state index contributed by atoms with van der Waals surface area (Å²) in [6.07, 6.45) is 0. The van der Waals surface area contributed by atoms with E-state index in [0.29, 0.717) is 6.61 Å². The van der Waals surface area contributed by atoms with Crippen molar-refractivity contribution in [3.63, 3.8) is 0 Å². The molecule has 0 spiro atoms. The van der Waals surface area contributed by atoms with Gasteiger partial charge in [0.05, 0.1) is 6.61 Å². The molecule has 1 rings (SSSR count). The molecular formula is C14H24N2O. The van der Waals surface area contributed by atoms with Crippen LogP contribution >= 0.6 is 0 Å². The number of benzene rings is 1. The number of nitrogens with zero attached hydrogens (tertiary/aromatic N) is 1. The minimum Gasteiger partial charge on any atom is -0.383 e. The van der Waals surface area contributed by atoms with Crippen LogP contribution in [0.25, 0.3) is 0 Å². The van der Waals surface area contributed by atoms with Crippen LogP contribution in [0.5, 0.6) is 0 Å². The minimum absolute atomic E-state index is 0.0781. The Balaban J connectivity index is 2.59. The average molecular weight is 236 g/mol. The van der Waals surface area contributed by atoms with Crippen molar-refractivity contribution >= 4 is 0 Å². The molecule has 0 bridgehead atoms. The van der Waals surface area contributed by atoms with Gasteiger partial charge in [-0.3, -0.25) is 0 Å². The van der Waals surface area contributed by atoms with Gasteiger partial charge in [0.2, 0.25) is 0 Å². The van der Waals surface area contributed by atoms with Crippen LogP contribution in [-0.4, -0.2) is 38.3 Å². The first-order valence-electron chi connectivity index (χ1n) is 6.02. The predicted octanol–water partition coefficient (Wildman–Crippen LogP) is 1.71. The van der Waals surface area contributed by atoms with Crippen molar-refractivity contribution in [3.8, 4) is 0 Å². The van der Waals surface area contributed by atoms with Gasteiger partial charge in [-0.2, -0.15) is 0 Å². The average Bonchev–Trinajstić information content (AvgIpc) is 2.24. The van der Waals surface area contributed by atoms with Crippen LogP contribution in [0.2, 0.25) is 0 Å². The van der Waals surface area contributed by atoms with Gasteiger partial charge in [-0.25, -0.2) is 0 Å². The highest BCUT2D eigenvalue weighted by Crippen LogP contribution is 2.15. The molecule has 0 heterocycles. The van der Waals surface area contributed by atoms with Gasteiger partial charge in [0, 0.05) is 26.2 Å². The molecule has 17 heavy (non-hydrogen) atoms. The second-order valence-electron chi connectivity index (χ2n) is 4.78. The Bertz CT molecular complexity index is 332. The summed E-state index contributed by atoms with van der Waals surface area (Å²) in [7, 11) is 3.78. The molecule has 3 nitrogen and oxygen atoms in total. The number of rotatable bonds is 6. The number of hydrogen-bond donors (Lipinski definition) is 1. The Kier molecular flexibility index (Phi) is 5.62. The predicted molar refractivity (Wildman–Crippen MR) is 72.1 cm³/mol.